The average molecular weight is 460 g/mol. The molecule has 0 saturated heterocycles. The van der Waals surface area contributed by atoms with Gasteiger partial charge in [-0.15, -0.1) is 0 Å². The quantitative estimate of drug-likeness (QED) is 0.403. The molecule has 0 aliphatic rings. The Hall–Kier alpha value is -3.82. The predicted molar refractivity (Wildman–Crippen MR) is 128 cm³/mol. The second kappa shape index (κ2) is 8.97. The van der Waals surface area contributed by atoms with E-state index in [1.807, 2.05) is 23.6 Å². The minimum Gasteiger partial charge on any atom is -0.383 e. The zero-order valence-corrected chi connectivity index (χ0v) is 18.7. The lowest BCUT2D eigenvalue weighted by Gasteiger charge is -2.11. The van der Waals surface area contributed by atoms with Crippen LogP contribution >= 0.6 is 11.3 Å². The molecule has 5 heterocycles. The molecule has 33 heavy (non-hydrogen) atoms. The van der Waals surface area contributed by atoms with Gasteiger partial charge in [-0.1, -0.05) is 6.07 Å². The maximum Gasteiger partial charge on any atom is 0.268 e. The summed E-state index contributed by atoms with van der Waals surface area (Å²) in [6, 6.07) is 11.0. The highest BCUT2D eigenvalue weighted by atomic mass is 32.1. The first-order valence-electron chi connectivity index (χ1n) is 10.4. The van der Waals surface area contributed by atoms with Gasteiger partial charge in [0.1, 0.15) is 17.0 Å². The van der Waals surface area contributed by atoms with E-state index >= 15 is 0 Å². The van der Waals surface area contributed by atoms with E-state index in [0.717, 1.165) is 16.7 Å². The van der Waals surface area contributed by atoms with E-state index in [1.165, 1.54) is 4.40 Å². The Balaban J connectivity index is 1.47. The van der Waals surface area contributed by atoms with E-state index in [9.17, 15) is 9.59 Å². The molecular weight excluding hydrogens is 438 g/mol. The Morgan fingerprint density at radius 3 is 2.91 bits per heavy atom. The van der Waals surface area contributed by atoms with E-state index in [0.29, 0.717) is 42.1 Å². The zero-order valence-electron chi connectivity index (χ0n) is 17.9. The molecule has 0 bridgehead atoms. The molecule has 166 valence electrons. The van der Waals surface area contributed by atoms with Crippen LogP contribution in [0.15, 0.2) is 70.5 Å². The van der Waals surface area contributed by atoms with Crippen LogP contribution in [0.4, 0.5) is 0 Å². The average Bonchev–Trinajstić information content (AvgIpc) is 3.50. The standard InChI is InChI=1S/C24H21N5O3S/c1-32-8-7-28-20(11-19-22(28)27-21-4-2-3-6-29(21)24(19)31)23(30)26-13-16-10-18(14-25-12-16)17-5-9-33-15-17/h2-6,9-12,14-15H,7-8,13H2,1H3,(H,26,30). The molecule has 0 atom stereocenters. The van der Waals surface area contributed by atoms with Crippen molar-refractivity contribution in [3.63, 3.8) is 0 Å². The van der Waals surface area contributed by atoms with E-state index in [2.05, 4.69) is 20.7 Å². The Morgan fingerprint density at radius 1 is 1.18 bits per heavy atom. The lowest BCUT2D eigenvalue weighted by Crippen LogP contribution is -2.26. The number of carbonyl (C=O) groups excluding carboxylic acids is 1. The molecule has 1 amide bonds. The fourth-order valence-corrected chi connectivity index (χ4v) is 4.46. The molecule has 0 aliphatic heterocycles. The number of amides is 1. The summed E-state index contributed by atoms with van der Waals surface area (Å²) < 4.78 is 8.44. The number of aromatic nitrogens is 4. The summed E-state index contributed by atoms with van der Waals surface area (Å²) in [5, 5.41) is 7.42. The number of fused-ring (bicyclic) bond motifs is 2. The fourth-order valence-electron chi connectivity index (χ4n) is 3.79. The highest BCUT2D eigenvalue weighted by Gasteiger charge is 2.19. The smallest absolute Gasteiger partial charge is 0.268 e. The van der Waals surface area contributed by atoms with Gasteiger partial charge in [-0.2, -0.15) is 11.3 Å². The third kappa shape index (κ3) is 4.04. The van der Waals surface area contributed by atoms with E-state index in [4.69, 9.17) is 4.74 Å². The maximum atomic E-state index is 13.2. The first-order valence-corrected chi connectivity index (χ1v) is 11.3. The van der Waals surface area contributed by atoms with E-state index < -0.39 is 0 Å². The molecule has 0 saturated carbocycles. The Bertz CT molecular complexity index is 1500. The molecule has 0 spiro atoms. The lowest BCUT2D eigenvalue weighted by molar-refractivity contribution is 0.0939. The van der Waals surface area contributed by atoms with Crippen LogP contribution in [0.3, 0.4) is 0 Å². The third-order valence-corrected chi connectivity index (χ3v) is 6.11. The van der Waals surface area contributed by atoms with Crippen molar-refractivity contribution in [1.82, 2.24) is 24.3 Å². The second-order valence-corrected chi connectivity index (χ2v) is 8.31. The minimum atomic E-state index is -0.293. The van der Waals surface area contributed by atoms with Crippen LogP contribution in [-0.2, 0) is 17.8 Å². The molecule has 8 nitrogen and oxygen atoms in total. The Labute approximate surface area is 193 Å². The van der Waals surface area contributed by atoms with Crippen molar-refractivity contribution in [1.29, 1.82) is 0 Å². The van der Waals surface area contributed by atoms with Gasteiger partial charge in [0.05, 0.1) is 12.0 Å². The molecule has 1 N–H and O–H groups in total. The molecular formula is C24H21N5O3S. The van der Waals surface area contributed by atoms with Crippen LogP contribution in [-0.4, -0.2) is 38.6 Å². The van der Waals surface area contributed by atoms with Gasteiger partial charge in [-0.3, -0.25) is 19.0 Å². The Morgan fingerprint density at radius 2 is 2.09 bits per heavy atom. The van der Waals surface area contributed by atoms with Crippen molar-refractivity contribution in [3.8, 4) is 11.1 Å². The molecule has 0 fully saturated rings. The van der Waals surface area contributed by atoms with E-state index in [-0.39, 0.29) is 11.5 Å². The van der Waals surface area contributed by atoms with Crippen LogP contribution < -0.4 is 10.9 Å². The monoisotopic (exact) mass is 459 g/mol. The largest absolute Gasteiger partial charge is 0.383 e. The summed E-state index contributed by atoms with van der Waals surface area (Å²) in [7, 11) is 1.59. The number of hydrogen-bond donors (Lipinski definition) is 1. The van der Waals surface area contributed by atoms with Gasteiger partial charge in [0.2, 0.25) is 0 Å². The van der Waals surface area contributed by atoms with Gasteiger partial charge < -0.3 is 14.6 Å². The molecule has 0 aromatic carbocycles. The maximum absolute atomic E-state index is 13.2. The van der Waals surface area contributed by atoms with Gasteiger partial charge in [-0.05, 0) is 52.2 Å². The highest BCUT2D eigenvalue weighted by Crippen LogP contribution is 2.22. The van der Waals surface area contributed by atoms with Crippen molar-refractivity contribution >= 4 is 33.9 Å². The van der Waals surface area contributed by atoms with Crippen LogP contribution in [0.5, 0.6) is 0 Å². The van der Waals surface area contributed by atoms with Crippen molar-refractivity contribution in [2.24, 2.45) is 0 Å². The summed E-state index contributed by atoms with van der Waals surface area (Å²) in [4.78, 5) is 35.1. The summed E-state index contributed by atoms with van der Waals surface area (Å²) in [6.07, 6.45) is 5.21. The van der Waals surface area contributed by atoms with Crippen LogP contribution in [0.25, 0.3) is 27.8 Å². The number of nitrogens with zero attached hydrogens (tertiary/aromatic N) is 4. The van der Waals surface area contributed by atoms with Crippen LogP contribution in [0.2, 0.25) is 0 Å². The number of ether oxygens (including phenoxy) is 1. The van der Waals surface area contributed by atoms with Crippen molar-refractivity contribution in [2.45, 2.75) is 13.1 Å². The first-order chi connectivity index (χ1) is 16.2. The van der Waals surface area contributed by atoms with Crippen LogP contribution in [0.1, 0.15) is 16.1 Å². The topological polar surface area (TPSA) is 90.5 Å². The molecule has 0 unspecified atom stereocenters. The molecule has 5 rings (SSSR count). The fraction of sp³-hybridized carbons (Fsp3) is 0.167. The number of pyridine rings is 2. The number of hydrogen-bond acceptors (Lipinski definition) is 6. The van der Waals surface area contributed by atoms with E-state index in [1.54, 1.807) is 59.8 Å². The predicted octanol–water partition coefficient (Wildman–Crippen LogP) is 3.35. The minimum absolute atomic E-state index is 0.214. The zero-order chi connectivity index (χ0) is 22.8. The first kappa shape index (κ1) is 21.0. The summed E-state index contributed by atoms with van der Waals surface area (Å²) in [5.41, 5.74) is 4.12. The van der Waals surface area contributed by atoms with Gasteiger partial charge in [0.15, 0.2) is 0 Å². The highest BCUT2D eigenvalue weighted by molar-refractivity contribution is 7.08. The molecule has 0 aliphatic carbocycles. The van der Waals surface area contributed by atoms with Gasteiger partial charge >= 0.3 is 0 Å². The molecule has 0 radical (unpaired) electrons. The summed E-state index contributed by atoms with van der Waals surface area (Å²) in [5.74, 6) is -0.293. The van der Waals surface area contributed by atoms with Crippen LogP contribution in [0, 0.1) is 0 Å². The van der Waals surface area contributed by atoms with Gasteiger partial charge in [-0.25, -0.2) is 4.98 Å². The lowest BCUT2D eigenvalue weighted by atomic mass is 10.1. The SMILES string of the molecule is COCCn1c(C(=O)NCc2cncc(-c3ccsc3)c2)cc2c(=O)n3ccccc3nc21. The summed E-state index contributed by atoms with van der Waals surface area (Å²) >= 11 is 1.62. The number of thiophene rings is 1. The van der Waals surface area contributed by atoms with Crippen molar-refractivity contribution in [3.05, 3.63) is 87.4 Å². The number of rotatable bonds is 7. The number of carbonyl (C=O) groups is 1. The second-order valence-electron chi connectivity index (χ2n) is 7.53. The van der Waals surface area contributed by atoms with Gasteiger partial charge in [0, 0.05) is 44.4 Å². The van der Waals surface area contributed by atoms with Gasteiger partial charge in [0.25, 0.3) is 11.5 Å². The third-order valence-electron chi connectivity index (χ3n) is 5.43. The Kier molecular flexibility index (Phi) is 5.72. The number of nitrogens with one attached hydrogen (secondary N) is 1. The molecule has 5 aromatic rings. The molecule has 5 aromatic heterocycles. The van der Waals surface area contributed by atoms with Crippen molar-refractivity contribution in [2.75, 3.05) is 13.7 Å². The summed E-state index contributed by atoms with van der Waals surface area (Å²) in [6.45, 7) is 1.09. The normalized spacial score (nSPS) is 11.3. The number of methoxy groups -OCH3 is 1. The molecule has 9 heteroatoms. The van der Waals surface area contributed by atoms with Crippen molar-refractivity contribution < 1.29 is 9.53 Å².